The third-order valence-corrected chi connectivity index (χ3v) is 4.03. The van der Waals surface area contributed by atoms with Crippen LogP contribution in [0.3, 0.4) is 0 Å². The lowest BCUT2D eigenvalue weighted by molar-refractivity contribution is 0.853. The number of rotatable bonds is 1. The van der Waals surface area contributed by atoms with Crippen molar-refractivity contribution in [1.29, 1.82) is 0 Å². The van der Waals surface area contributed by atoms with Crippen LogP contribution in [0.4, 0.5) is 0 Å². The monoisotopic (exact) mass is 498 g/mol. The van der Waals surface area contributed by atoms with E-state index in [1.807, 2.05) is 0 Å². The summed E-state index contributed by atoms with van der Waals surface area (Å²) in [7, 11) is 0. The summed E-state index contributed by atoms with van der Waals surface area (Å²) < 4.78 is 4.10. The van der Waals surface area contributed by atoms with Gasteiger partial charge in [-0.05, 0) is 91.4 Å². The Morgan fingerprint density at radius 2 is 1.42 bits per heavy atom. The van der Waals surface area contributed by atoms with E-state index < -0.39 is 0 Å². The minimum absolute atomic E-state index is 0.626. The van der Waals surface area contributed by atoms with Crippen molar-refractivity contribution >= 4 is 67.8 Å². The lowest BCUT2D eigenvalue weighted by Crippen LogP contribution is -1.96. The Bertz CT molecular complexity index is 269. The van der Waals surface area contributed by atoms with Gasteiger partial charge in [0.25, 0.3) is 0 Å². The molecule has 0 aliphatic heterocycles. The molecule has 0 saturated carbocycles. The molecule has 0 aromatic heterocycles. The minimum Gasteiger partial charge on any atom is -0.0586 e. The van der Waals surface area contributed by atoms with Gasteiger partial charge in [-0.15, -0.1) is 0 Å². The standard InChI is InChI=1S/C9H9I3/c1-5(2)9-7(11)3-6(10)4-8(9)12/h3-5H,1-2H3. The van der Waals surface area contributed by atoms with E-state index in [-0.39, 0.29) is 0 Å². The van der Waals surface area contributed by atoms with Crippen LogP contribution in [0.2, 0.25) is 0 Å². The van der Waals surface area contributed by atoms with E-state index in [1.54, 1.807) is 0 Å². The summed E-state index contributed by atoms with van der Waals surface area (Å²) in [5.74, 6) is 0.626. The fourth-order valence-corrected chi connectivity index (χ4v) is 5.93. The number of benzene rings is 1. The van der Waals surface area contributed by atoms with E-state index in [0.717, 1.165) is 0 Å². The predicted octanol–water partition coefficient (Wildman–Crippen LogP) is 4.62. The van der Waals surface area contributed by atoms with Gasteiger partial charge in [-0.25, -0.2) is 0 Å². The summed E-state index contributed by atoms with van der Waals surface area (Å²) in [6.45, 7) is 4.49. The van der Waals surface area contributed by atoms with Gasteiger partial charge in [-0.3, -0.25) is 0 Å². The zero-order chi connectivity index (χ0) is 9.30. The lowest BCUT2D eigenvalue weighted by atomic mass is 10.0. The second-order valence-corrected chi connectivity index (χ2v) is 6.51. The van der Waals surface area contributed by atoms with Crippen LogP contribution in [0.5, 0.6) is 0 Å². The van der Waals surface area contributed by atoms with E-state index in [4.69, 9.17) is 0 Å². The van der Waals surface area contributed by atoms with E-state index in [0.29, 0.717) is 5.92 Å². The molecule has 0 aliphatic carbocycles. The van der Waals surface area contributed by atoms with Gasteiger partial charge in [0.05, 0.1) is 0 Å². The van der Waals surface area contributed by atoms with E-state index in [9.17, 15) is 0 Å². The molecule has 0 fully saturated rings. The maximum atomic E-state index is 2.42. The van der Waals surface area contributed by atoms with Gasteiger partial charge < -0.3 is 0 Å². The SMILES string of the molecule is CC(C)c1c(I)cc(I)cc1I. The topological polar surface area (TPSA) is 0 Å². The molecule has 0 N–H and O–H groups in total. The van der Waals surface area contributed by atoms with Crippen molar-refractivity contribution in [3.05, 3.63) is 28.4 Å². The molecule has 0 spiro atoms. The average Bonchev–Trinajstić information content (AvgIpc) is 1.82. The van der Waals surface area contributed by atoms with Crippen LogP contribution in [0.1, 0.15) is 25.3 Å². The van der Waals surface area contributed by atoms with Gasteiger partial charge in [0.15, 0.2) is 0 Å². The predicted molar refractivity (Wildman–Crippen MR) is 78.7 cm³/mol. The summed E-state index contributed by atoms with van der Waals surface area (Å²) in [5, 5.41) is 0. The van der Waals surface area contributed by atoms with E-state index >= 15 is 0 Å². The smallest absolute Gasteiger partial charge is 0.0186 e. The van der Waals surface area contributed by atoms with Gasteiger partial charge >= 0.3 is 0 Å². The van der Waals surface area contributed by atoms with Crippen LogP contribution in [-0.2, 0) is 0 Å². The molecule has 0 saturated heterocycles. The highest BCUT2D eigenvalue weighted by Crippen LogP contribution is 2.28. The Hall–Kier alpha value is 1.41. The van der Waals surface area contributed by atoms with Crippen molar-refractivity contribution in [2.24, 2.45) is 0 Å². The summed E-state index contributed by atoms with van der Waals surface area (Å²) in [4.78, 5) is 0. The Morgan fingerprint density at radius 3 is 1.75 bits per heavy atom. The van der Waals surface area contributed by atoms with Crippen LogP contribution in [0, 0.1) is 10.7 Å². The first-order valence-corrected chi connectivity index (χ1v) is 6.90. The third-order valence-electron chi connectivity index (χ3n) is 1.62. The lowest BCUT2D eigenvalue weighted by Gasteiger charge is -2.11. The first kappa shape index (κ1) is 11.5. The molecule has 3 heteroatoms. The van der Waals surface area contributed by atoms with Crippen LogP contribution in [-0.4, -0.2) is 0 Å². The van der Waals surface area contributed by atoms with E-state index in [1.165, 1.54) is 16.3 Å². The summed E-state index contributed by atoms with van der Waals surface area (Å²) >= 11 is 7.20. The molecule has 0 aliphatic rings. The van der Waals surface area contributed by atoms with Crippen molar-refractivity contribution in [1.82, 2.24) is 0 Å². The van der Waals surface area contributed by atoms with Gasteiger partial charge in [-0.1, -0.05) is 13.8 Å². The van der Waals surface area contributed by atoms with Gasteiger partial charge in [-0.2, -0.15) is 0 Å². The first-order valence-electron chi connectivity index (χ1n) is 3.67. The molecular weight excluding hydrogens is 489 g/mol. The number of hydrogen-bond donors (Lipinski definition) is 0. The summed E-state index contributed by atoms with van der Waals surface area (Å²) in [5.41, 5.74) is 1.48. The van der Waals surface area contributed by atoms with Crippen molar-refractivity contribution < 1.29 is 0 Å². The molecule has 1 aromatic carbocycles. The van der Waals surface area contributed by atoms with Gasteiger partial charge in [0.2, 0.25) is 0 Å². The van der Waals surface area contributed by atoms with Crippen molar-refractivity contribution in [2.45, 2.75) is 19.8 Å². The fraction of sp³-hybridized carbons (Fsp3) is 0.333. The van der Waals surface area contributed by atoms with Gasteiger partial charge in [0.1, 0.15) is 0 Å². The molecule has 0 bridgehead atoms. The Balaban J connectivity index is 3.28. The molecule has 0 atom stereocenters. The van der Waals surface area contributed by atoms with Gasteiger partial charge in [0, 0.05) is 10.7 Å². The van der Waals surface area contributed by atoms with Crippen molar-refractivity contribution in [2.75, 3.05) is 0 Å². The first-order chi connectivity index (χ1) is 5.52. The highest BCUT2D eigenvalue weighted by Gasteiger charge is 2.09. The molecule has 0 unspecified atom stereocenters. The summed E-state index contributed by atoms with van der Waals surface area (Å²) in [6.07, 6.45) is 0. The molecule has 12 heavy (non-hydrogen) atoms. The zero-order valence-corrected chi connectivity index (χ0v) is 13.3. The minimum atomic E-state index is 0.626. The fourth-order valence-electron chi connectivity index (χ4n) is 1.10. The van der Waals surface area contributed by atoms with Crippen LogP contribution in [0.25, 0.3) is 0 Å². The number of halogens is 3. The molecule has 0 amide bonds. The van der Waals surface area contributed by atoms with Crippen LogP contribution in [0.15, 0.2) is 12.1 Å². The molecular formula is C9H9I3. The van der Waals surface area contributed by atoms with Crippen molar-refractivity contribution in [3.8, 4) is 0 Å². The second-order valence-electron chi connectivity index (χ2n) is 2.94. The maximum absolute atomic E-state index is 2.42. The van der Waals surface area contributed by atoms with E-state index in [2.05, 4.69) is 93.8 Å². The molecule has 1 aromatic rings. The van der Waals surface area contributed by atoms with Crippen LogP contribution >= 0.6 is 67.8 Å². The highest BCUT2D eigenvalue weighted by atomic mass is 127. The molecule has 0 nitrogen and oxygen atoms in total. The highest BCUT2D eigenvalue weighted by molar-refractivity contribution is 14.1. The Labute approximate surface area is 114 Å². The maximum Gasteiger partial charge on any atom is 0.0186 e. The Morgan fingerprint density at radius 1 is 1.00 bits per heavy atom. The average molecular weight is 498 g/mol. The molecule has 0 radical (unpaired) electrons. The molecule has 0 heterocycles. The summed E-state index contributed by atoms with van der Waals surface area (Å²) in [6, 6.07) is 4.47. The quantitative estimate of drug-likeness (QED) is 0.497. The molecule has 1 rings (SSSR count). The third kappa shape index (κ3) is 2.70. The van der Waals surface area contributed by atoms with Crippen molar-refractivity contribution in [3.63, 3.8) is 0 Å². The largest absolute Gasteiger partial charge is 0.0586 e. The zero-order valence-electron chi connectivity index (χ0n) is 6.87. The molecule has 66 valence electrons. The Kier molecular flexibility index (Phi) is 4.56. The normalized spacial score (nSPS) is 10.8. The number of hydrogen-bond acceptors (Lipinski definition) is 0. The van der Waals surface area contributed by atoms with Crippen LogP contribution < -0.4 is 0 Å². The second kappa shape index (κ2) is 4.77.